The number of sulfone groups is 1. The zero-order valence-electron chi connectivity index (χ0n) is 7.77. The largest absolute Gasteiger partial charge is 0.224 e. The molecule has 0 atom stereocenters. The van der Waals surface area contributed by atoms with Crippen molar-refractivity contribution in [1.29, 1.82) is 0 Å². The minimum atomic E-state index is -3.13. The molecule has 0 radical (unpaired) electrons. The third-order valence-electron chi connectivity index (χ3n) is 1.79. The zero-order valence-corrected chi connectivity index (χ0v) is 8.59. The number of halogens is 1. The summed E-state index contributed by atoms with van der Waals surface area (Å²) >= 11 is 0. The van der Waals surface area contributed by atoms with Crippen LogP contribution in [0.3, 0.4) is 0 Å². The van der Waals surface area contributed by atoms with Crippen LogP contribution in [0.4, 0.5) is 4.39 Å². The van der Waals surface area contributed by atoms with Crippen molar-refractivity contribution in [2.45, 2.75) is 11.3 Å². The van der Waals surface area contributed by atoms with Crippen LogP contribution in [-0.4, -0.2) is 14.7 Å². The van der Waals surface area contributed by atoms with Gasteiger partial charge in [0.25, 0.3) is 0 Å². The first-order valence-corrected chi connectivity index (χ1v) is 5.97. The lowest BCUT2D eigenvalue weighted by atomic mass is 10.1. The Bertz CT molecular complexity index is 418. The standard InChI is InChI=1S/C10H11FO2S/c1-14(12,13)10-6-4-9(5-7-10)3-2-8-11/h2,4-8H,3H2,1H3. The van der Waals surface area contributed by atoms with Gasteiger partial charge in [0.1, 0.15) is 0 Å². The minimum absolute atomic E-state index is 0.283. The molecule has 0 spiro atoms. The average Bonchev–Trinajstić information content (AvgIpc) is 2.14. The van der Waals surface area contributed by atoms with Crippen LogP contribution in [0.25, 0.3) is 0 Å². The van der Waals surface area contributed by atoms with E-state index in [0.29, 0.717) is 12.8 Å². The van der Waals surface area contributed by atoms with E-state index in [2.05, 4.69) is 0 Å². The molecule has 0 amide bonds. The Kier molecular flexibility index (Phi) is 3.41. The summed E-state index contributed by atoms with van der Waals surface area (Å²) < 4.78 is 33.8. The Morgan fingerprint density at radius 3 is 2.29 bits per heavy atom. The van der Waals surface area contributed by atoms with E-state index in [1.54, 1.807) is 12.1 Å². The fourth-order valence-corrected chi connectivity index (χ4v) is 1.68. The lowest BCUT2D eigenvalue weighted by Crippen LogP contribution is -1.96. The smallest absolute Gasteiger partial charge is 0.175 e. The van der Waals surface area contributed by atoms with Crippen molar-refractivity contribution in [1.82, 2.24) is 0 Å². The number of hydrogen-bond acceptors (Lipinski definition) is 2. The van der Waals surface area contributed by atoms with Gasteiger partial charge in [-0.25, -0.2) is 12.8 Å². The van der Waals surface area contributed by atoms with Crippen LogP contribution in [0.1, 0.15) is 5.56 Å². The number of rotatable bonds is 3. The van der Waals surface area contributed by atoms with Gasteiger partial charge in [-0.05, 0) is 24.1 Å². The quantitative estimate of drug-likeness (QED) is 0.772. The van der Waals surface area contributed by atoms with Gasteiger partial charge in [0, 0.05) is 6.26 Å². The summed E-state index contributed by atoms with van der Waals surface area (Å²) in [5.41, 5.74) is 0.881. The van der Waals surface area contributed by atoms with E-state index in [1.165, 1.54) is 18.2 Å². The summed E-state index contributed by atoms with van der Waals surface area (Å²) in [6.07, 6.45) is 3.48. The molecule has 14 heavy (non-hydrogen) atoms. The highest BCUT2D eigenvalue weighted by molar-refractivity contribution is 7.90. The predicted octanol–water partition coefficient (Wildman–Crippen LogP) is 2.12. The molecule has 2 nitrogen and oxygen atoms in total. The van der Waals surface area contributed by atoms with Gasteiger partial charge in [0.05, 0.1) is 11.2 Å². The van der Waals surface area contributed by atoms with E-state index in [-0.39, 0.29) is 4.90 Å². The molecular formula is C10H11FO2S. The second kappa shape index (κ2) is 4.37. The number of hydrogen-bond donors (Lipinski definition) is 0. The Hall–Kier alpha value is -1.16. The van der Waals surface area contributed by atoms with Gasteiger partial charge in [-0.2, -0.15) is 0 Å². The van der Waals surface area contributed by atoms with Crippen molar-refractivity contribution >= 4 is 9.84 Å². The fourth-order valence-electron chi connectivity index (χ4n) is 1.05. The monoisotopic (exact) mass is 214 g/mol. The molecule has 0 aliphatic carbocycles. The van der Waals surface area contributed by atoms with Gasteiger partial charge < -0.3 is 0 Å². The lowest BCUT2D eigenvalue weighted by molar-refractivity contribution is 0.602. The SMILES string of the molecule is CS(=O)(=O)c1ccc(CC=CF)cc1. The van der Waals surface area contributed by atoms with Gasteiger partial charge in [0.2, 0.25) is 0 Å². The Morgan fingerprint density at radius 2 is 1.86 bits per heavy atom. The van der Waals surface area contributed by atoms with Crippen molar-refractivity contribution in [2.24, 2.45) is 0 Å². The molecular weight excluding hydrogens is 203 g/mol. The molecule has 0 heterocycles. The highest BCUT2D eigenvalue weighted by Gasteiger charge is 2.05. The van der Waals surface area contributed by atoms with Crippen LogP contribution in [-0.2, 0) is 16.3 Å². The molecule has 0 unspecified atom stereocenters. The highest BCUT2D eigenvalue weighted by Crippen LogP contribution is 2.10. The van der Waals surface area contributed by atoms with Crippen molar-refractivity contribution in [3.63, 3.8) is 0 Å². The maximum Gasteiger partial charge on any atom is 0.175 e. The Morgan fingerprint density at radius 1 is 1.29 bits per heavy atom. The van der Waals surface area contributed by atoms with E-state index in [0.717, 1.165) is 11.8 Å². The number of allylic oxidation sites excluding steroid dienone is 1. The van der Waals surface area contributed by atoms with E-state index < -0.39 is 9.84 Å². The first kappa shape index (κ1) is 10.9. The summed E-state index contributed by atoms with van der Waals surface area (Å²) in [7, 11) is -3.13. The van der Waals surface area contributed by atoms with Crippen LogP contribution in [0.2, 0.25) is 0 Å². The van der Waals surface area contributed by atoms with Crippen LogP contribution >= 0.6 is 0 Å². The van der Waals surface area contributed by atoms with Gasteiger partial charge in [-0.1, -0.05) is 18.2 Å². The van der Waals surface area contributed by atoms with Crippen molar-refractivity contribution in [3.05, 3.63) is 42.2 Å². The van der Waals surface area contributed by atoms with Gasteiger partial charge in [-0.15, -0.1) is 0 Å². The molecule has 0 N–H and O–H groups in total. The predicted molar refractivity (Wildman–Crippen MR) is 53.5 cm³/mol. The van der Waals surface area contributed by atoms with Crippen molar-refractivity contribution in [2.75, 3.05) is 6.26 Å². The Labute approximate surface area is 83.0 Å². The molecule has 1 aromatic rings. The molecule has 4 heteroatoms. The van der Waals surface area contributed by atoms with Gasteiger partial charge in [0.15, 0.2) is 9.84 Å². The molecule has 0 aliphatic heterocycles. The normalized spacial score (nSPS) is 12.1. The molecule has 0 bridgehead atoms. The molecule has 0 saturated carbocycles. The third-order valence-corrected chi connectivity index (χ3v) is 2.92. The van der Waals surface area contributed by atoms with Crippen LogP contribution in [0.5, 0.6) is 0 Å². The summed E-state index contributed by atoms with van der Waals surface area (Å²) in [4.78, 5) is 0.283. The summed E-state index contributed by atoms with van der Waals surface area (Å²) in [6, 6.07) is 6.40. The zero-order chi connectivity index (χ0) is 10.6. The first-order valence-electron chi connectivity index (χ1n) is 4.08. The summed E-state index contributed by atoms with van der Waals surface area (Å²) in [6.45, 7) is 0. The molecule has 0 aliphatic rings. The molecule has 76 valence electrons. The summed E-state index contributed by atoms with van der Waals surface area (Å²) in [5, 5.41) is 0. The minimum Gasteiger partial charge on any atom is -0.224 e. The van der Waals surface area contributed by atoms with Gasteiger partial charge >= 0.3 is 0 Å². The maximum absolute atomic E-state index is 11.7. The number of benzene rings is 1. The van der Waals surface area contributed by atoms with E-state index in [4.69, 9.17) is 0 Å². The van der Waals surface area contributed by atoms with E-state index in [9.17, 15) is 12.8 Å². The topological polar surface area (TPSA) is 34.1 Å². The summed E-state index contributed by atoms with van der Waals surface area (Å²) in [5.74, 6) is 0. The average molecular weight is 214 g/mol. The lowest BCUT2D eigenvalue weighted by Gasteiger charge is -1.99. The maximum atomic E-state index is 11.7. The van der Waals surface area contributed by atoms with Crippen molar-refractivity contribution in [3.8, 4) is 0 Å². The second-order valence-electron chi connectivity index (χ2n) is 2.98. The van der Waals surface area contributed by atoms with Crippen LogP contribution in [0.15, 0.2) is 41.6 Å². The first-order chi connectivity index (χ1) is 6.54. The molecule has 1 aromatic carbocycles. The molecule has 0 fully saturated rings. The molecule has 1 rings (SSSR count). The van der Waals surface area contributed by atoms with Crippen molar-refractivity contribution < 1.29 is 12.8 Å². The third kappa shape index (κ3) is 2.96. The highest BCUT2D eigenvalue weighted by atomic mass is 32.2. The second-order valence-corrected chi connectivity index (χ2v) is 5.00. The van der Waals surface area contributed by atoms with Crippen LogP contribution < -0.4 is 0 Å². The van der Waals surface area contributed by atoms with Crippen LogP contribution in [0, 0.1) is 0 Å². The molecule has 0 saturated heterocycles. The molecule has 0 aromatic heterocycles. The van der Waals surface area contributed by atoms with Gasteiger partial charge in [-0.3, -0.25) is 0 Å². The van der Waals surface area contributed by atoms with E-state index >= 15 is 0 Å². The van der Waals surface area contributed by atoms with E-state index in [1.807, 2.05) is 0 Å². The Balaban J connectivity index is 2.89. The fraction of sp³-hybridized carbons (Fsp3) is 0.200.